The van der Waals surface area contributed by atoms with Gasteiger partial charge in [0.25, 0.3) is 5.91 Å². The van der Waals surface area contributed by atoms with E-state index < -0.39 is 5.91 Å². The molecule has 1 saturated carbocycles. The molecular weight excluding hydrogens is 359 g/mol. The lowest BCUT2D eigenvalue weighted by Gasteiger charge is -2.25. The molecule has 5 nitrogen and oxygen atoms in total. The SMILES string of the molecule is C[C@H]1CC[C@@H]2C(=O)N(c3cccc(C(=O)Nc4ccc(F)cc4)c3)C(=O)[C@@H]2C1. The van der Waals surface area contributed by atoms with Crippen molar-refractivity contribution in [2.45, 2.75) is 26.2 Å². The zero-order valence-electron chi connectivity index (χ0n) is 15.5. The summed E-state index contributed by atoms with van der Waals surface area (Å²) < 4.78 is 13.0. The molecule has 0 unspecified atom stereocenters. The molecule has 144 valence electrons. The highest BCUT2D eigenvalue weighted by atomic mass is 19.1. The van der Waals surface area contributed by atoms with Crippen LogP contribution >= 0.6 is 0 Å². The van der Waals surface area contributed by atoms with Gasteiger partial charge in [0.1, 0.15) is 5.82 Å². The molecule has 1 saturated heterocycles. The first kappa shape index (κ1) is 18.3. The van der Waals surface area contributed by atoms with Crippen LogP contribution in [0.1, 0.15) is 36.5 Å². The van der Waals surface area contributed by atoms with Crippen LogP contribution in [0.2, 0.25) is 0 Å². The lowest BCUT2D eigenvalue weighted by Crippen LogP contribution is -2.31. The van der Waals surface area contributed by atoms with Crippen LogP contribution in [0.3, 0.4) is 0 Å². The Kier molecular flexibility index (Phi) is 4.71. The number of benzene rings is 2. The highest BCUT2D eigenvalue weighted by Gasteiger charge is 2.50. The number of imide groups is 1. The minimum Gasteiger partial charge on any atom is -0.322 e. The first-order valence-electron chi connectivity index (χ1n) is 9.49. The van der Waals surface area contributed by atoms with Gasteiger partial charge in [0.05, 0.1) is 17.5 Å². The quantitative estimate of drug-likeness (QED) is 0.819. The van der Waals surface area contributed by atoms with Gasteiger partial charge in [-0.15, -0.1) is 0 Å². The summed E-state index contributed by atoms with van der Waals surface area (Å²) in [4.78, 5) is 39.5. The Morgan fingerprint density at radius 3 is 2.50 bits per heavy atom. The maximum atomic E-state index is 13.0. The van der Waals surface area contributed by atoms with Crippen molar-refractivity contribution in [1.82, 2.24) is 0 Å². The van der Waals surface area contributed by atoms with E-state index in [0.717, 1.165) is 19.3 Å². The topological polar surface area (TPSA) is 66.5 Å². The second-order valence-corrected chi connectivity index (χ2v) is 7.65. The lowest BCUT2D eigenvalue weighted by molar-refractivity contribution is -0.122. The maximum absolute atomic E-state index is 13.0. The van der Waals surface area contributed by atoms with Crippen molar-refractivity contribution in [2.24, 2.45) is 17.8 Å². The average molecular weight is 380 g/mol. The Morgan fingerprint density at radius 2 is 1.75 bits per heavy atom. The van der Waals surface area contributed by atoms with Crippen molar-refractivity contribution in [2.75, 3.05) is 10.2 Å². The van der Waals surface area contributed by atoms with Crippen LogP contribution < -0.4 is 10.2 Å². The summed E-state index contributed by atoms with van der Waals surface area (Å²) in [6, 6.07) is 11.9. The highest BCUT2D eigenvalue weighted by molar-refractivity contribution is 6.22. The molecule has 3 atom stereocenters. The summed E-state index contributed by atoms with van der Waals surface area (Å²) in [7, 11) is 0. The van der Waals surface area contributed by atoms with Gasteiger partial charge in [0.15, 0.2) is 0 Å². The standard InChI is InChI=1S/C22H21FN2O3/c1-13-5-10-18-19(11-13)22(28)25(21(18)27)17-4-2-3-14(12-17)20(26)24-16-8-6-15(23)7-9-16/h2-4,6-9,12-13,18-19H,5,10-11H2,1H3,(H,24,26)/t13-,18-,19+/m0/s1. The Bertz CT molecular complexity index is 941. The zero-order valence-corrected chi connectivity index (χ0v) is 15.5. The fraction of sp³-hybridized carbons (Fsp3) is 0.318. The summed E-state index contributed by atoms with van der Waals surface area (Å²) in [6.45, 7) is 2.11. The number of fused-ring (bicyclic) bond motifs is 1. The fourth-order valence-electron chi connectivity index (χ4n) is 4.17. The number of hydrogen-bond donors (Lipinski definition) is 1. The minimum atomic E-state index is -0.390. The van der Waals surface area contributed by atoms with E-state index in [0.29, 0.717) is 22.9 Å². The maximum Gasteiger partial charge on any atom is 0.255 e. The number of hydrogen-bond acceptors (Lipinski definition) is 3. The van der Waals surface area contributed by atoms with E-state index >= 15 is 0 Å². The third-order valence-corrected chi connectivity index (χ3v) is 5.66. The van der Waals surface area contributed by atoms with E-state index in [-0.39, 0.29) is 29.5 Å². The largest absolute Gasteiger partial charge is 0.322 e. The summed E-state index contributed by atoms with van der Waals surface area (Å²) in [6.07, 6.45) is 2.42. The van der Waals surface area contributed by atoms with Gasteiger partial charge in [-0.05, 0) is 67.6 Å². The van der Waals surface area contributed by atoms with Gasteiger partial charge < -0.3 is 5.32 Å². The number of amides is 3. The third-order valence-electron chi connectivity index (χ3n) is 5.66. The average Bonchev–Trinajstić information content (AvgIpc) is 2.93. The second kappa shape index (κ2) is 7.19. The van der Waals surface area contributed by atoms with E-state index in [1.54, 1.807) is 24.3 Å². The molecule has 0 spiro atoms. The predicted molar refractivity (Wildman–Crippen MR) is 103 cm³/mol. The van der Waals surface area contributed by atoms with Crippen LogP contribution in [0.15, 0.2) is 48.5 Å². The number of nitrogens with zero attached hydrogens (tertiary/aromatic N) is 1. The first-order valence-corrected chi connectivity index (χ1v) is 9.49. The molecule has 4 rings (SSSR count). The second-order valence-electron chi connectivity index (χ2n) is 7.65. The lowest BCUT2D eigenvalue weighted by atomic mass is 9.76. The van der Waals surface area contributed by atoms with Gasteiger partial charge in [-0.25, -0.2) is 4.39 Å². The van der Waals surface area contributed by atoms with Crippen LogP contribution in [0.25, 0.3) is 0 Å². The van der Waals surface area contributed by atoms with Crippen molar-refractivity contribution in [1.29, 1.82) is 0 Å². The number of halogens is 1. The van der Waals surface area contributed by atoms with Gasteiger partial charge in [-0.3, -0.25) is 19.3 Å². The van der Waals surface area contributed by atoms with Crippen molar-refractivity contribution in [3.8, 4) is 0 Å². The van der Waals surface area contributed by atoms with E-state index in [9.17, 15) is 18.8 Å². The Balaban J connectivity index is 1.56. The normalized spacial score (nSPS) is 24.2. The van der Waals surface area contributed by atoms with Crippen molar-refractivity contribution in [3.63, 3.8) is 0 Å². The van der Waals surface area contributed by atoms with Crippen molar-refractivity contribution < 1.29 is 18.8 Å². The number of carbonyl (C=O) groups is 3. The predicted octanol–water partition coefficient (Wildman–Crippen LogP) is 4.00. The highest BCUT2D eigenvalue weighted by Crippen LogP contribution is 2.42. The monoisotopic (exact) mass is 380 g/mol. The molecule has 2 aromatic carbocycles. The van der Waals surface area contributed by atoms with Crippen LogP contribution in [-0.4, -0.2) is 17.7 Å². The fourth-order valence-corrected chi connectivity index (χ4v) is 4.17. The molecule has 2 fully saturated rings. The van der Waals surface area contributed by atoms with E-state index in [4.69, 9.17) is 0 Å². The number of anilines is 2. The Morgan fingerprint density at radius 1 is 1.04 bits per heavy atom. The Labute approximate surface area is 162 Å². The molecular formula is C22H21FN2O3. The van der Waals surface area contributed by atoms with Gasteiger partial charge >= 0.3 is 0 Å². The summed E-state index contributed by atoms with van der Waals surface area (Å²) in [5.41, 5.74) is 1.21. The summed E-state index contributed by atoms with van der Waals surface area (Å²) in [5.74, 6) is -1.19. The number of nitrogens with one attached hydrogen (secondary N) is 1. The van der Waals surface area contributed by atoms with E-state index in [1.165, 1.54) is 29.2 Å². The van der Waals surface area contributed by atoms with Crippen LogP contribution in [-0.2, 0) is 9.59 Å². The van der Waals surface area contributed by atoms with Gasteiger partial charge in [0.2, 0.25) is 11.8 Å². The molecule has 1 aliphatic carbocycles. The van der Waals surface area contributed by atoms with Crippen LogP contribution in [0.5, 0.6) is 0 Å². The number of carbonyl (C=O) groups excluding carboxylic acids is 3. The minimum absolute atomic E-state index is 0.169. The van der Waals surface area contributed by atoms with Crippen LogP contribution in [0, 0.1) is 23.6 Å². The summed E-state index contributed by atoms with van der Waals surface area (Å²) in [5, 5.41) is 2.69. The molecule has 2 aliphatic rings. The first-order chi connectivity index (χ1) is 13.4. The molecule has 28 heavy (non-hydrogen) atoms. The smallest absolute Gasteiger partial charge is 0.255 e. The molecule has 0 aromatic heterocycles. The zero-order chi connectivity index (χ0) is 19.8. The van der Waals surface area contributed by atoms with Gasteiger partial charge in [-0.2, -0.15) is 0 Å². The molecule has 1 aliphatic heterocycles. The molecule has 2 aromatic rings. The third kappa shape index (κ3) is 3.30. The molecule has 3 amide bonds. The van der Waals surface area contributed by atoms with Gasteiger partial charge in [0, 0.05) is 11.3 Å². The van der Waals surface area contributed by atoms with E-state index in [2.05, 4.69) is 12.2 Å². The Hall–Kier alpha value is -3.02. The van der Waals surface area contributed by atoms with Crippen molar-refractivity contribution in [3.05, 3.63) is 59.9 Å². The summed E-state index contributed by atoms with van der Waals surface area (Å²) >= 11 is 0. The molecule has 0 bridgehead atoms. The molecule has 6 heteroatoms. The van der Waals surface area contributed by atoms with Gasteiger partial charge in [-0.1, -0.05) is 13.0 Å². The molecule has 1 N–H and O–H groups in total. The van der Waals surface area contributed by atoms with Crippen molar-refractivity contribution >= 4 is 29.1 Å². The van der Waals surface area contributed by atoms with Crippen LogP contribution in [0.4, 0.5) is 15.8 Å². The number of rotatable bonds is 3. The molecule has 1 heterocycles. The molecule has 0 radical (unpaired) electrons. The van der Waals surface area contributed by atoms with E-state index in [1.807, 2.05) is 0 Å².